The van der Waals surface area contributed by atoms with Gasteiger partial charge in [0.2, 0.25) is 0 Å². The number of nitrogens with zero attached hydrogens (tertiary/aromatic N) is 4. The molecule has 6 nitrogen and oxygen atoms in total. The average Bonchev–Trinajstić information content (AvgIpc) is 2.83. The smallest absolute Gasteiger partial charge is 0.280 e. The van der Waals surface area contributed by atoms with E-state index in [4.69, 9.17) is 10.7 Å². The Morgan fingerprint density at radius 2 is 2.11 bits per heavy atom. The quantitative estimate of drug-likeness (QED) is 0.802. The second-order valence-electron chi connectivity index (χ2n) is 4.32. The van der Waals surface area contributed by atoms with Crippen LogP contribution in [0.1, 0.15) is 24.1 Å². The van der Waals surface area contributed by atoms with Gasteiger partial charge in [0.25, 0.3) is 9.05 Å². The molecule has 0 bridgehead atoms. The van der Waals surface area contributed by atoms with Gasteiger partial charge in [0, 0.05) is 30.3 Å². The third-order valence-corrected chi connectivity index (χ3v) is 4.00. The van der Waals surface area contributed by atoms with E-state index in [9.17, 15) is 8.42 Å². The minimum absolute atomic E-state index is 0.107. The molecule has 2 aromatic heterocycles. The molecule has 0 amide bonds. The lowest BCUT2D eigenvalue weighted by Gasteiger charge is -2.06. The van der Waals surface area contributed by atoms with Crippen LogP contribution in [0, 0.1) is 6.92 Å². The SMILES string of the molecule is CCc1nc(S(=O)(=O)Cl)cn1Cc1cc(C)nn1C. The van der Waals surface area contributed by atoms with Crippen molar-refractivity contribution in [3.8, 4) is 0 Å². The van der Waals surface area contributed by atoms with Crippen LogP contribution in [0.15, 0.2) is 17.3 Å². The summed E-state index contributed by atoms with van der Waals surface area (Å²) in [7, 11) is 3.38. The Morgan fingerprint density at radius 3 is 2.58 bits per heavy atom. The number of aryl methyl sites for hydroxylation is 3. The molecule has 2 aromatic rings. The van der Waals surface area contributed by atoms with Gasteiger partial charge in [-0.3, -0.25) is 4.68 Å². The predicted octanol–water partition coefficient (Wildman–Crippen LogP) is 1.46. The topological polar surface area (TPSA) is 69.8 Å². The van der Waals surface area contributed by atoms with Gasteiger partial charge in [-0.15, -0.1) is 0 Å². The lowest BCUT2D eigenvalue weighted by molar-refractivity contribution is 0.606. The highest BCUT2D eigenvalue weighted by Crippen LogP contribution is 2.16. The van der Waals surface area contributed by atoms with Crippen LogP contribution in [-0.2, 0) is 29.1 Å². The molecular weight excluding hydrogens is 288 g/mol. The van der Waals surface area contributed by atoms with Gasteiger partial charge < -0.3 is 4.57 Å². The number of rotatable bonds is 4. The summed E-state index contributed by atoms with van der Waals surface area (Å²) in [6.45, 7) is 4.34. The lowest BCUT2D eigenvalue weighted by Crippen LogP contribution is -2.07. The molecule has 0 unspecified atom stereocenters. The van der Waals surface area contributed by atoms with Crippen LogP contribution < -0.4 is 0 Å². The van der Waals surface area contributed by atoms with E-state index < -0.39 is 9.05 Å². The normalized spacial score (nSPS) is 12.0. The highest BCUT2D eigenvalue weighted by Gasteiger charge is 2.17. The van der Waals surface area contributed by atoms with Crippen molar-refractivity contribution in [1.29, 1.82) is 0 Å². The Hall–Kier alpha value is -1.34. The van der Waals surface area contributed by atoms with E-state index in [0.29, 0.717) is 18.8 Å². The van der Waals surface area contributed by atoms with Gasteiger partial charge in [-0.1, -0.05) is 6.92 Å². The van der Waals surface area contributed by atoms with E-state index in [1.807, 2.05) is 27.0 Å². The molecule has 0 aliphatic heterocycles. The lowest BCUT2D eigenvalue weighted by atomic mass is 10.3. The van der Waals surface area contributed by atoms with Crippen molar-refractivity contribution in [2.45, 2.75) is 31.8 Å². The number of halogens is 1. The van der Waals surface area contributed by atoms with Crippen molar-refractivity contribution in [2.75, 3.05) is 0 Å². The highest BCUT2D eigenvalue weighted by atomic mass is 35.7. The molecule has 2 heterocycles. The number of aromatic nitrogens is 4. The summed E-state index contributed by atoms with van der Waals surface area (Å²) >= 11 is 0. The third kappa shape index (κ3) is 2.98. The molecule has 0 radical (unpaired) electrons. The first-order valence-electron chi connectivity index (χ1n) is 5.81. The van der Waals surface area contributed by atoms with Crippen molar-refractivity contribution in [2.24, 2.45) is 7.05 Å². The zero-order valence-corrected chi connectivity index (χ0v) is 12.5. The first kappa shape index (κ1) is 14.1. The van der Waals surface area contributed by atoms with Gasteiger partial charge in [-0.2, -0.15) is 5.10 Å². The second-order valence-corrected chi connectivity index (χ2v) is 6.83. The molecular formula is C11H15ClN4O2S. The Labute approximate surface area is 116 Å². The fraction of sp³-hybridized carbons (Fsp3) is 0.455. The molecule has 0 spiro atoms. The van der Waals surface area contributed by atoms with E-state index in [0.717, 1.165) is 11.4 Å². The number of hydrogen-bond donors (Lipinski definition) is 0. The minimum atomic E-state index is -3.79. The maximum absolute atomic E-state index is 11.3. The van der Waals surface area contributed by atoms with Crippen LogP contribution in [0.2, 0.25) is 0 Å². The van der Waals surface area contributed by atoms with E-state index >= 15 is 0 Å². The molecule has 19 heavy (non-hydrogen) atoms. The van der Waals surface area contributed by atoms with Crippen LogP contribution in [0.3, 0.4) is 0 Å². The third-order valence-electron chi connectivity index (χ3n) is 2.83. The zero-order chi connectivity index (χ0) is 14.2. The van der Waals surface area contributed by atoms with Crippen molar-refractivity contribution >= 4 is 19.7 Å². The Balaban J connectivity index is 2.40. The van der Waals surface area contributed by atoms with E-state index in [-0.39, 0.29) is 5.03 Å². The fourth-order valence-corrected chi connectivity index (χ4v) is 2.64. The van der Waals surface area contributed by atoms with Crippen LogP contribution in [0.4, 0.5) is 0 Å². The van der Waals surface area contributed by atoms with Gasteiger partial charge in [0.1, 0.15) is 5.82 Å². The first-order chi connectivity index (χ1) is 8.81. The van der Waals surface area contributed by atoms with Gasteiger partial charge in [-0.05, 0) is 13.0 Å². The first-order valence-corrected chi connectivity index (χ1v) is 8.12. The molecule has 2 rings (SSSR count). The van der Waals surface area contributed by atoms with Crippen molar-refractivity contribution in [3.05, 3.63) is 29.5 Å². The Morgan fingerprint density at radius 1 is 1.42 bits per heavy atom. The molecule has 0 saturated carbocycles. The molecule has 0 aliphatic carbocycles. The molecule has 0 atom stereocenters. The molecule has 0 fully saturated rings. The van der Waals surface area contributed by atoms with E-state index in [1.165, 1.54) is 6.20 Å². The molecule has 104 valence electrons. The summed E-state index contributed by atoms with van der Waals surface area (Å²) in [4.78, 5) is 4.05. The largest absolute Gasteiger partial charge is 0.328 e. The van der Waals surface area contributed by atoms with E-state index in [1.54, 1.807) is 9.25 Å². The molecule has 0 N–H and O–H groups in total. The standard InChI is InChI=1S/C11H15ClN4O2S/c1-4-10-13-11(19(12,17)18)7-16(10)6-9-5-8(2)14-15(9)3/h5,7H,4,6H2,1-3H3. The van der Waals surface area contributed by atoms with Crippen molar-refractivity contribution in [1.82, 2.24) is 19.3 Å². The summed E-state index contributed by atoms with van der Waals surface area (Å²) < 4.78 is 26.2. The highest BCUT2D eigenvalue weighted by molar-refractivity contribution is 8.13. The minimum Gasteiger partial charge on any atom is -0.328 e. The zero-order valence-electron chi connectivity index (χ0n) is 11.0. The van der Waals surface area contributed by atoms with Crippen LogP contribution in [-0.4, -0.2) is 27.7 Å². The number of hydrogen-bond acceptors (Lipinski definition) is 4. The monoisotopic (exact) mass is 302 g/mol. The van der Waals surface area contributed by atoms with Crippen molar-refractivity contribution in [3.63, 3.8) is 0 Å². The summed E-state index contributed by atoms with van der Waals surface area (Å²) in [6.07, 6.45) is 2.09. The number of imidazole rings is 1. The summed E-state index contributed by atoms with van der Waals surface area (Å²) in [5, 5.41) is 4.15. The van der Waals surface area contributed by atoms with Crippen LogP contribution in [0.5, 0.6) is 0 Å². The van der Waals surface area contributed by atoms with Crippen molar-refractivity contribution < 1.29 is 8.42 Å². The van der Waals surface area contributed by atoms with E-state index in [2.05, 4.69) is 10.1 Å². The predicted molar refractivity (Wildman–Crippen MR) is 71.7 cm³/mol. The van der Waals surface area contributed by atoms with Gasteiger partial charge in [0.05, 0.1) is 17.9 Å². The van der Waals surface area contributed by atoms with Crippen LogP contribution in [0.25, 0.3) is 0 Å². The van der Waals surface area contributed by atoms with Gasteiger partial charge in [-0.25, -0.2) is 13.4 Å². The Bertz CT molecular complexity index is 702. The van der Waals surface area contributed by atoms with Gasteiger partial charge in [0.15, 0.2) is 5.03 Å². The second kappa shape index (κ2) is 4.97. The molecule has 0 aromatic carbocycles. The van der Waals surface area contributed by atoms with Crippen LogP contribution >= 0.6 is 10.7 Å². The summed E-state index contributed by atoms with van der Waals surface area (Å²) in [6, 6.07) is 1.95. The fourth-order valence-electron chi connectivity index (χ4n) is 1.95. The average molecular weight is 303 g/mol. The molecule has 0 aliphatic rings. The summed E-state index contributed by atoms with van der Waals surface area (Å²) in [5.41, 5.74) is 1.89. The molecule has 8 heteroatoms. The van der Waals surface area contributed by atoms with Gasteiger partial charge >= 0.3 is 0 Å². The summed E-state index contributed by atoms with van der Waals surface area (Å²) in [5.74, 6) is 0.679. The molecule has 0 saturated heterocycles. The maximum Gasteiger partial charge on any atom is 0.280 e. The Kier molecular flexibility index (Phi) is 3.69. The maximum atomic E-state index is 11.3.